The van der Waals surface area contributed by atoms with Crippen molar-refractivity contribution in [2.75, 3.05) is 6.61 Å². The van der Waals surface area contributed by atoms with Crippen molar-refractivity contribution in [1.82, 2.24) is 0 Å². The number of rotatable bonds is 5. The Morgan fingerprint density at radius 2 is 1.33 bits per heavy atom. The van der Waals surface area contributed by atoms with Crippen LogP contribution < -0.4 is 0 Å². The van der Waals surface area contributed by atoms with Gasteiger partial charge in [-0.15, -0.1) is 0 Å². The van der Waals surface area contributed by atoms with Crippen LogP contribution in [0.5, 0.6) is 0 Å². The van der Waals surface area contributed by atoms with E-state index >= 15 is 0 Å². The molecule has 0 spiro atoms. The van der Waals surface area contributed by atoms with Crippen LogP contribution in [-0.4, -0.2) is 11.7 Å². The van der Waals surface area contributed by atoms with Crippen LogP contribution in [-0.2, 0) is 0 Å². The minimum atomic E-state index is 0.365. The number of hydrogen-bond donors (Lipinski definition) is 1. The Morgan fingerprint density at radius 1 is 0.917 bits per heavy atom. The molecule has 0 saturated heterocycles. The number of aliphatic hydroxyl groups is 1. The van der Waals surface area contributed by atoms with Crippen LogP contribution in [0.4, 0.5) is 0 Å². The lowest BCUT2D eigenvalue weighted by molar-refractivity contribution is 0.282. The third-order valence-corrected chi connectivity index (χ3v) is 1.26. The molecule has 0 aromatic carbocycles. The molecule has 0 unspecified atom stereocenters. The van der Waals surface area contributed by atoms with Crippen molar-refractivity contribution < 1.29 is 5.11 Å². The first kappa shape index (κ1) is 14.5. The van der Waals surface area contributed by atoms with Gasteiger partial charge in [0.2, 0.25) is 0 Å². The van der Waals surface area contributed by atoms with Gasteiger partial charge in [0.25, 0.3) is 0 Å². The Balaban J connectivity index is 0. The van der Waals surface area contributed by atoms with Crippen molar-refractivity contribution in [1.29, 1.82) is 0 Å². The summed E-state index contributed by atoms with van der Waals surface area (Å²) in [5.41, 5.74) is 0. The summed E-state index contributed by atoms with van der Waals surface area (Å²) >= 11 is 0. The predicted molar refractivity (Wildman–Crippen MR) is 56.4 cm³/mol. The largest absolute Gasteiger partial charge is 0.396 e. The number of aliphatic hydroxyl groups excluding tert-OH is 1. The maximum atomic E-state index is 8.37. The molecule has 1 heteroatoms. The van der Waals surface area contributed by atoms with Gasteiger partial charge in [0.05, 0.1) is 0 Å². The van der Waals surface area contributed by atoms with Gasteiger partial charge in [-0.05, 0) is 12.3 Å². The molecule has 76 valence electrons. The first-order valence-corrected chi connectivity index (χ1v) is 5.26. The van der Waals surface area contributed by atoms with Crippen molar-refractivity contribution in [3.05, 3.63) is 0 Å². The molecule has 0 amide bonds. The molecular formula is C11H26O. The van der Waals surface area contributed by atoms with Crippen molar-refractivity contribution >= 4 is 0 Å². The molecule has 0 aliphatic rings. The molecule has 0 saturated carbocycles. The lowest BCUT2D eigenvalue weighted by Crippen LogP contribution is -1.81. The highest BCUT2D eigenvalue weighted by molar-refractivity contribution is 4.39. The second-order valence-corrected chi connectivity index (χ2v) is 3.87. The molecule has 1 N–H and O–H groups in total. The maximum Gasteiger partial charge on any atom is 0.0431 e. The van der Waals surface area contributed by atoms with Gasteiger partial charge in [-0.2, -0.15) is 0 Å². The topological polar surface area (TPSA) is 20.2 Å². The van der Waals surface area contributed by atoms with E-state index in [0.29, 0.717) is 6.61 Å². The third-order valence-electron chi connectivity index (χ3n) is 1.26. The second kappa shape index (κ2) is 13.5. The fourth-order valence-electron chi connectivity index (χ4n) is 0.715. The first-order valence-electron chi connectivity index (χ1n) is 5.26. The van der Waals surface area contributed by atoms with E-state index < -0.39 is 0 Å². The van der Waals surface area contributed by atoms with Crippen LogP contribution in [0.2, 0.25) is 0 Å². The fraction of sp³-hybridized carbons (Fsp3) is 1.00. The van der Waals surface area contributed by atoms with Crippen molar-refractivity contribution in [2.45, 2.75) is 59.8 Å². The van der Waals surface area contributed by atoms with E-state index in [9.17, 15) is 0 Å². The van der Waals surface area contributed by atoms with Gasteiger partial charge in [0.1, 0.15) is 0 Å². The summed E-state index contributed by atoms with van der Waals surface area (Å²) in [4.78, 5) is 0. The third kappa shape index (κ3) is 32.5. The maximum absolute atomic E-state index is 8.37. The minimum Gasteiger partial charge on any atom is -0.396 e. The molecule has 0 atom stereocenters. The average Bonchev–Trinajstić information content (AvgIpc) is 1.97. The van der Waals surface area contributed by atoms with Gasteiger partial charge in [-0.25, -0.2) is 0 Å². The van der Waals surface area contributed by atoms with Crippen LogP contribution in [0.15, 0.2) is 0 Å². The Bertz CT molecular complexity index is 51.3. The quantitative estimate of drug-likeness (QED) is 0.631. The van der Waals surface area contributed by atoms with Crippen LogP contribution >= 0.6 is 0 Å². The standard InChI is InChI=1S/C7H16O.C4H10/c1-2-3-4-5-6-7-8;1-4(2)3/h8H,2-7H2,1H3;4H,1-3H3. The van der Waals surface area contributed by atoms with Gasteiger partial charge in [0, 0.05) is 6.61 Å². The van der Waals surface area contributed by atoms with Gasteiger partial charge in [-0.3, -0.25) is 0 Å². The van der Waals surface area contributed by atoms with Crippen molar-refractivity contribution in [3.63, 3.8) is 0 Å². The Morgan fingerprint density at radius 3 is 1.67 bits per heavy atom. The van der Waals surface area contributed by atoms with Crippen LogP contribution in [0.1, 0.15) is 59.8 Å². The lowest BCUT2D eigenvalue weighted by Gasteiger charge is -1.93. The highest BCUT2D eigenvalue weighted by atomic mass is 16.2. The molecule has 0 heterocycles. The molecule has 0 fully saturated rings. The Hall–Kier alpha value is -0.0400. The second-order valence-electron chi connectivity index (χ2n) is 3.87. The van der Waals surface area contributed by atoms with E-state index in [0.717, 1.165) is 12.3 Å². The normalized spacial score (nSPS) is 9.50. The molecule has 1 nitrogen and oxygen atoms in total. The first-order chi connectivity index (χ1) is 5.65. The summed E-state index contributed by atoms with van der Waals surface area (Å²) in [5.74, 6) is 0.833. The zero-order valence-corrected chi connectivity index (χ0v) is 9.27. The number of hydrogen-bond acceptors (Lipinski definition) is 1. The summed E-state index contributed by atoms with van der Waals surface area (Å²) in [5, 5.41) is 8.37. The summed E-state index contributed by atoms with van der Waals surface area (Å²) in [6, 6.07) is 0. The minimum absolute atomic E-state index is 0.365. The van der Waals surface area contributed by atoms with Gasteiger partial charge >= 0.3 is 0 Å². The van der Waals surface area contributed by atoms with Crippen LogP contribution in [0, 0.1) is 5.92 Å². The SMILES string of the molecule is CC(C)C.CCCCCCCO. The highest BCUT2D eigenvalue weighted by Gasteiger charge is 1.84. The van der Waals surface area contributed by atoms with Crippen molar-refractivity contribution in [3.8, 4) is 0 Å². The molecule has 0 bridgehead atoms. The van der Waals surface area contributed by atoms with E-state index in [1.54, 1.807) is 0 Å². The zero-order valence-electron chi connectivity index (χ0n) is 9.27. The molecule has 0 rings (SSSR count). The van der Waals surface area contributed by atoms with E-state index in [1.807, 2.05) is 0 Å². The van der Waals surface area contributed by atoms with Gasteiger partial charge in [0.15, 0.2) is 0 Å². The molecule has 0 aliphatic heterocycles. The molecule has 0 aliphatic carbocycles. The molecular weight excluding hydrogens is 148 g/mol. The van der Waals surface area contributed by atoms with Crippen molar-refractivity contribution in [2.24, 2.45) is 5.92 Å². The Labute approximate surface area is 78.2 Å². The summed E-state index contributed by atoms with van der Waals surface area (Å²) in [7, 11) is 0. The van der Waals surface area contributed by atoms with Crippen LogP contribution in [0.3, 0.4) is 0 Å². The summed E-state index contributed by atoms with van der Waals surface area (Å²) in [6.07, 6.45) is 6.08. The van der Waals surface area contributed by atoms with E-state index in [2.05, 4.69) is 27.7 Å². The van der Waals surface area contributed by atoms with Crippen LogP contribution in [0.25, 0.3) is 0 Å². The van der Waals surface area contributed by atoms with E-state index in [1.165, 1.54) is 25.7 Å². The van der Waals surface area contributed by atoms with Gasteiger partial charge < -0.3 is 5.11 Å². The van der Waals surface area contributed by atoms with E-state index in [4.69, 9.17) is 5.11 Å². The fourth-order valence-corrected chi connectivity index (χ4v) is 0.715. The Kier molecular flexibility index (Phi) is 16.3. The predicted octanol–water partition coefficient (Wildman–Crippen LogP) is 3.61. The summed E-state index contributed by atoms with van der Waals surface area (Å²) in [6.45, 7) is 9.06. The van der Waals surface area contributed by atoms with Gasteiger partial charge in [-0.1, -0.05) is 53.4 Å². The molecule has 0 aromatic rings. The molecule has 12 heavy (non-hydrogen) atoms. The monoisotopic (exact) mass is 174 g/mol. The zero-order chi connectivity index (χ0) is 9.82. The lowest BCUT2D eigenvalue weighted by atomic mass is 10.2. The highest BCUT2D eigenvalue weighted by Crippen LogP contribution is 2.00. The molecule has 0 aromatic heterocycles. The smallest absolute Gasteiger partial charge is 0.0431 e. The molecule has 0 radical (unpaired) electrons. The average molecular weight is 174 g/mol. The van der Waals surface area contributed by atoms with E-state index in [-0.39, 0.29) is 0 Å². The number of unbranched alkanes of at least 4 members (excludes halogenated alkanes) is 4. The summed E-state index contributed by atoms with van der Waals surface area (Å²) < 4.78 is 0.